The van der Waals surface area contributed by atoms with Crippen LogP contribution in [0.4, 0.5) is 0 Å². The molecule has 0 saturated carbocycles. The summed E-state index contributed by atoms with van der Waals surface area (Å²) in [6.45, 7) is 19.1. The molecule has 0 aromatic heterocycles. The van der Waals surface area contributed by atoms with Crippen molar-refractivity contribution < 1.29 is 47.8 Å². The second-order valence-electron chi connectivity index (χ2n) is 16.1. The Morgan fingerprint density at radius 2 is 0.869 bits per heavy atom. The molecule has 3 rings (SSSR count). The van der Waals surface area contributed by atoms with Crippen LogP contribution in [-0.4, -0.2) is 87.8 Å². The molecule has 12 heteroatoms. The predicted octanol–water partition coefficient (Wildman–Crippen LogP) is 10.3. The van der Waals surface area contributed by atoms with Gasteiger partial charge in [0.15, 0.2) is 0 Å². The van der Waals surface area contributed by atoms with E-state index in [4.69, 9.17) is 28.6 Å². The van der Waals surface area contributed by atoms with E-state index in [1.807, 2.05) is 50.2 Å². The second kappa shape index (κ2) is 27.8. The summed E-state index contributed by atoms with van der Waals surface area (Å²) < 4.78 is 25.1. The zero-order valence-corrected chi connectivity index (χ0v) is 38.2. The maximum absolute atomic E-state index is 14.4. The van der Waals surface area contributed by atoms with Gasteiger partial charge in [-0.15, -0.1) is 0 Å². The minimum absolute atomic E-state index is 0.0688. The first-order chi connectivity index (χ1) is 29.5. The lowest BCUT2D eigenvalue weighted by atomic mass is 9.66. The topological polar surface area (TPSA) is 148 Å². The zero-order valence-electron chi connectivity index (χ0n) is 38.2. The minimum atomic E-state index is -0.782. The number of hydrogen-bond acceptors (Lipinski definition) is 12. The lowest BCUT2D eigenvalue weighted by Crippen LogP contribution is -2.36. The fourth-order valence-electron chi connectivity index (χ4n) is 7.86. The molecule has 61 heavy (non-hydrogen) atoms. The smallest absolute Gasteiger partial charge is 0.331 e. The molecule has 0 spiro atoms. The van der Waals surface area contributed by atoms with E-state index >= 15 is 0 Å². The van der Waals surface area contributed by atoms with E-state index < -0.39 is 17.4 Å². The highest BCUT2D eigenvalue weighted by Crippen LogP contribution is 2.56. The summed E-state index contributed by atoms with van der Waals surface area (Å²) >= 11 is 0. The molecule has 0 unspecified atom stereocenters. The van der Waals surface area contributed by atoms with E-state index in [0.717, 1.165) is 60.8 Å². The monoisotopic (exact) mass is 849 g/mol. The summed E-state index contributed by atoms with van der Waals surface area (Å²) in [4.78, 5) is 62.5. The van der Waals surface area contributed by atoms with E-state index in [1.165, 1.54) is 13.8 Å². The van der Waals surface area contributed by atoms with Gasteiger partial charge in [0.05, 0.1) is 26.4 Å². The number of Topliss-reactive ketones (excluding diaryl/α,β-unsaturated/α-hetero) is 2. The van der Waals surface area contributed by atoms with Crippen LogP contribution in [-0.2, 0) is 43.6 Å². The van der Waals surface area contributed by atoms with Gasteiger partial charge in [0.25, 0.3) is 0 Å². The Labute approximate surface area is 364 Å². The van der Waals surface area contributed by atoms with E-state index in [0.29, 0.717) is 103 Å². The third kappa shape index (κ3) is 15.6. The van der Waals surface area contributed by atoms with Crippen LogP contribution in [0.3, 0.4) is 0 Å². The zero-order chi connectivity index (χ0) is 44.6. The van der Waals surface area contributed by atoms with Gasteiger partial charge in [-0.3, -0.25) is 9.59 Å². The van der Waals surface area contributed by atoms with Crippen molar-refractivity contribution in [2.24, 2.45) is 22.1 Å². The molecule has 12 nitrogen and oxygen atoms in total. The highest BCUT2D eigenvalue weighted by molar-refractivity contribution is 6.46. The van der Waals surface area contributed by atoms with Crippen molar-refractivity contribution in [2.75, 3.05) is 52.9 Å². The van der Waals surface area contributed by atoms with Crippen molar-refractivity contribution in [1.29, 1.82) is 0 Å². The Hall–Kier alpha value is -4.10. The summed E-state index contributed by atoms with van der Waals surface area (Å²) in [6, 6.07) is 11.5. The molecule has 0 N–H and O–H groups in total. The first-order valence-corrected chi connectivity index (χ1v) is 22.7. The van der Waals surface area contributed by atoms with Crippen LogP contribution in [0.15, 0.2) is 46.7 Å². The lowest BCUT2D eigenvalue weighted by molar-refractivity contribution is -0.141. The summed E-state index contributed by atoms with van der Waals surface area (Å²) in [5, 5.41) is 8.07. The Kier molecular flexibility index (Phi) is 23.3. The number of unbranched alkanes of at least 4 members (excludes halogenated alkanes) is 2. The van der Waals surface area contributed by atoms with Crippen LogP contribution in [0.25, 0.3) is 11.1 Å². The van der Waals surface area contributed by atoms with Gasteiger partial charge in [-0.1, -0.05) is 89.0 Å². The molecule has 0 saturated heterocycles. The van der Waals surface area contributed by atoms with Crippen LogP contribution in [0, 0.1) is 11.8 Å². The SMILES string of the molecule is CCCC/C(=N\OC(C)=O)C(=O)c1ccc2c(c1)C(CC(COCCC)COCCC)(CC(COCCC)COCCC)c1cc(C(=O)/C(CCCC)=N/OC(C)=O)ccc1-2. The van der Waals surface area contributed by atoms with Crippen molar-refractivity contribution >= 4 is 34.9 Å². The normalized spacial score (nSPS) is 13.4. The largest absolute Gasteiger partial charge is 0.381 e. The van der Waals surface area contributed by atoms with E-state index in [1.54, 1.807) is 0 Å². The predicted molar refractivity (Wildman–Crippen MR) is 239 cm³/mol. The van der Waals surface area contributed by atoms with Crippen LogP contribution >= 0.6 is 0 Å². The Balaban J connectivity index is 2.43. The highest BCUT2D eigenvalue weighted by atomic mass is 16.7. The van der Waals surface area contributed by atoms with Crippen molar-refractivity contribution in [3.63, 3.8) is 0 Å². The summed E-state index contributed by atoms with van der Waals surface area (Å²) in [6.07, 6.45) is 8.35. The van der Waals surface area contributed by atoms with Crippen molar-refractivity contribution in [2.45, 2.75) is 138 Å². The lowest BCUT2D eigenvalue weighted by Gasteiger charge is -2.39. The van der Waals surface area contributed by atoms with Gasteiger partial charge in [-0.2, -0.15) is 0 Å². The first kappa shape index (κ1) is 51.3. The maximum Gasteiger partial charge on any atom is 0.331 e. The Morgan fingerprint density at radius 3 is 1.16 bits per heavy atom. The number of oxime groups is 2. The number of benzene rings is 2. The number of fused-ring (bicyclic) bond motifs is 3. The quantitative estimate of drug-likeness (QED) is 0.0229. The molecule has 0 atom stereocenters. The van der Waals surface area contributed by atoms with Crippen LogP contribution in [0.1, 0.15) is 164 Å². The number of ketones is 2. The molecule has 2 aromatic rings. The molecule has 338 valence electrons. The van der Waals surface area contributed by atoms with Gasteiger partial charge >= 0.3 is 11.9 Å². The number of hydrogen-bond donors (Lipinski definition) is 0. The third-order valence-corrected chi connectivity index (χ3v) is 10.6. The number of rotatable bonds is 32. The van der Waals surface area contributed by atoms with Crippen LogP contribution < -0.4 is 0 Å². The molecule has 0 heterocycles. The first-order valence-electron chi connectivity index (χ1n) is 22.7. The van der Waals surface area contributed by atoms with Gasteiger partial charge in [0, 0.05) is 68.7 Å². The fourth-order valence-corrected chi connectivity index (χ4v) is 7.86. The molecule has 0 amide bonds. The molecule has 0 aliphatic heterocycles. The third-order valence-electron chi connectivity index (χ3n) is 10.6. The minimum Gasteiger partial charge on any atom is -0.381 e. The molecule has 0 fully saturated rings. The molecular formula is C49H72N2O10. The fraction of sp³-hybridized carbons (Fsp3) is 0.633. The van der Waals surface area contributed by atoms with Crippen LogP contribution in [0.5, 0.6) is 0 Å². The van der Waals surface area contributed by atoms with Gasteiger partial charge in [0.1, 0.15) is 11.4 Å². The van der Waals surface area contributed by atoms with E-state index in [9.17, 15) is 19.2 Å². The number of nitrogens with zero attached hydrogens (tertiary/aromatic N) is 2. The molecule has 0 bridgehead atoms. The van der Waals surface area contributed by atoms with Crippen molar-refractivity contribution in [3.05, 3.63) is 58.7 Å². The maximum atomic E-state index is 14.4. The summed E-state index contributed by atoms with van der Waals surface area (Å²) in [5.74, 6) is -1.97. The van der Waals surface area contributed by atoms with Crippen molar-refractivity contribution in [1.82, 2.24) is 0 Å². The average Bonchev–Trinajstić information content (AvgIpc) is 3.50. The molecule has 0 radical (unpaired) electrons. The molecule has 1 aliphatic rings. The summed E-state index contributed by atoms with van der Waals surface area (Å²) in [5.41, 5.74) is 4.18. The van der Waals surface area contributed by atoms with E-state index in [-0.39, 0.29) is 34.8 Å². The highest BCUT2D eigenvalue weighted by Gasteiger charge is 2.47. The second-order valence-corrected chi connectivity index (χ2v) is 16.1. The molecular weight excluding hydrogens is 777 g/mol. The van der Waals surface area contributed by atoms with E-state index in [2.05, 4.69) is 38.0 Å². The average molecular weight is 849 g/mol. The van der Waals surface area contributed by atoms with Crippen molar-refractivity contribution in [3.8, 4) is 11.1 Å². The van der Waals surface area contributed by atoms with Gasteiger partial charge < -0.3 is 28.6 Å². The standard InChI is InChI=1S/C49H72N2O10/c1-9-15-17-45(50-60-35(7)52)47(54)39-19-21-41-42-22-20-40(48(55)46(18-16-10-2)51-61-36(8)53)28-44(42)49(43(41)27-39,29-37(31-56-23-11-3)32-57-24-12-4)30-38(33-58-25-13-5)34-59-26-14-6/h19-22,27-28,37-38H,9-18,23-26,29-34H2,1-8H3/b50-45+,51-46+. The summed E-state index contributed by atoms with van der Waals surface area (Å²) in [7, 11) is 0. The Bertz CT molecular complexity index is 1620. The van der Waals surface area contributed by atoms with Gasteiger partial charge in [0.2, 0.25) is 11.6 Å². The molecule has 2 aromatic carbocycles. The molecule has 1 aliphatic carbocycles. The number of carbonyl (C=O) groups excluding carboxylic acids is 4. The van der Waals surface area contributed by atoms with Crippen LogP contribution in [0.2, 0.25) is 0 Å². The number of ether oxygens (including phenoxy) is 4. The Morgan fingerprint density at radius 1 is 0.525 bits per heavy atom. The van der Waals surface area contributed by atoms with Gasteiger partial charge in [-0.05, 0) is 98.6 Å². The number of carbonyl (C=O) groups is 4. The van der Waals surface area contributed by atoms with Gasteiger partial charge in [-0.25, -0.2) is 9.59 Å².